The molecule has 0 aromatic heterocycles. The summed E-state index contributed by atoms with van der Waals surface area (Å²) in [5, 5.41) is 2.82. The summed E-state index contributed by atoms with van der Waals surface area (Å²) in [6.07, 6.45) is 4.80. The summed E-state index contributed by atoms with van der Waals surface area (Å²) in [7, 11) is 0. The van der Waals surface area contributed by atoms with Crippen LogP contribution in [0.25, 0.3) is 0 Å². The summed E-state index contributed by atoms with van der Waals surface area (Å²) in [5.74, 6) is 0.428. The number of benzene rings is 2. The van der Waals surface area contributed by atoms with Crippen molar-refractivity contribution in [1.82, 2.24) is 10.2 Å². The van der Waals surface area contributed by atoms with Gasteiger partial charge >= 0.3 is 0 Å². The van der Waals surface area contributed by atoms with Gasteiger partial charge in [0.2, 0.25) is 5.91 Å². The summed E-state index contributed by atoms with van der Waals surface area (Å²) < 4.78 is 19.8. The van der Waals surface area contributed by atoms with Gasteiger partial charge in [0, 0.05) is 19.0 Å². The van der Waals surface area contributed by atoms with Crippen molar-refractivity contribution in [2.75, 3.05) is 13.1 Å². The topological polar surface area (TPSA) is 58.6 Å². The molecule has 5 nitrogen and oxygen atoms in total. The Morgan fingerprint density at radius 2 is 1.85 bits per heavy atom. The smallest absolute Gasteiger partial charge is 0.261 e. The highest BCUT2D eigenvalue weighted by molar-refractivity contribution is 5.81. The van der Waals surface area contributed by atoms with Crippen LogP contribution in [-0.4, -0.2) is 35.9 Å². The van der Waals surface area contributed by atoms with Crippen molar-refractivity contribution in [3.8, 4) is 5.75 Å². The summed E-state index contributed by atoms with van der Waals surface area (Å²) in [4.78, 5) is 27.8. The lowest BCUT2D eigenvalue weighted by Crippen LogP contribution is -2.43. The number of hydrogen-bond acceptors (Lipinski definition) is 3. The first-order valence-electron chi connectivity index (χ1n) is 12.1. The fourth-order valence-corrected chi connectivity index (χ4v) is 5.09. The van der Waals surface area contributed by atoms with Crippen LogP contribution in [0.5, 0.6) is 5.75 Å². The second kappa shape index (κ2) is 10.4. The van der Waals surface area contributed by atoms with Gasteiger partial charge in [0.05, 0.1) is 6.04 Å². The molecule has 0 unspecified atom stereocenters. The molecule has 2 aromatic rings. The predicted molar refractivity (Wildman–Crippen MR) is 125 cm³/mol. The molecule has 1 fully saturated rings. The summed E-state index contributed by atoms with van der Waals surface area (Å²) in [5.41, 5.74) is 3.03. The molecule has 176 valence electrons. The fraction of sp³-hybridized carbons (Fsp3) is 0.481. The lowest BCUT2D eigenvalue weighted by Gasteiger charge is -2.39. The Hall–Kier alpha value is -2.89. The molecule has 1 aliphatic carbocycles. The second-order valence-corrected chi connectivity index (χ2v) is 8.99. The lowest BCUT2D eigenvalue weighted by molar-refractivity contribution is -0.137. The van der Waals surface area contributed by atoms with Crippen LogP contribution in [0.1, 0.15) is 68.7 Å². The van der Waals surface area contributed by atoms with Crippen molar-refractivity contribution in [3.05, 3.63) is 65.0 Å². The summed E-state index contributed by atoms with van der Waals surface area (Å²) in [6.45, 7) is 4.99. The van der Waals surface area contributed by atoms with E-state index >= 15 is 0 Å². The van der Waals surface area contributed by atoms with Crippen molar-refractivity contribution in [2.45, 2.75) is 64.5 Å². The summed E-state index contributed by atoms with van der Waals surface area (Å²) >= 11 is 0. The van der Waals surface area contributed by atoms with Crippen LogP contribution in [0.3, 0.4) is 0 Å². The number of nitrogens with one attached hydrogen (secondary N) is 1. The minimum Gasteiger partial charge on any atom is -0.481 e. The monoisotopic (exact) mass is 452 g/mol. The minimum atomic E-state index is -0.577. The number of halogens is 1. The molecule has 0 radical (unpaired) electrons. The third-order valence-electron chi connectivity index (χ3n) is 6.81. The predicted octanol–water partition coefficient (Wildman–Crippen LogP) is 4.78. The van der Waals surface area contributed by atoms with Gasteiger partial charge in [-0.3, -0.25) is 9.59 Å². The molecule has 2 aromatic carbocycles. The number of amides is 2. The normalized spacial score (nSPS) is 19.1. The zero-order valence-electron chi connectivity index (χ0n) is 19.5. The third kappa shape index (κ3) is 5.05. The van der Waals surface area contributed by atoms with Crippen molar-refractivity contribution < 1.29 is 18.7 Å². The molecular formula is C27H33FN2O3. The first kappa shape index (κ1) is 23.3. The maximum atomic E-state index is 13.7. The standard InChI is InChI=1S/C27H33FN2O3/c1-3-24(26(31)29-4-2)33-22-14-11-18-15-16-30(27(32)20-7-5-6-8-20)25(23(18)17-22)19-9-12-21(28)13-10-19/h9-14,17,20,24-25H,3-8,15-16H2,1-2H3,(H,29,31)/t24-,25+/m0/s1. The van der Waals surface area contributed by atoms with Crippen molar-refractivity contribution in [3.63, 3.8) is 0 Å². The SMILES string of the molecule is CCNC(=O)[C@H](CC)Oc1ccc2c(c1)[C@@H](c1ccc(F)cc1)N(C(=O)C1CCCC1)CC2. The zero-order chi connectivity index (χ0) is 23.4. The van der Waals surface area contributed by atoms with Gasteiger partial charge in [0.25, 0.3) is 5.91 Å². The average molecular weight is 453 g/mol. The van der Waals surface area contributed by atoms with E-state index in [1.165, 1.54) is 12.1 Å². The zero-order valence-corrected chi connectivity index (χ0v) is 19.5. The summed E-state index contributed by atoms with van der Waals surface area (Å²) in [6, 6.07) is 12.0. The molecule has 4 rings (SSSR count). The van der Waals surface area contributed by atoms with Crippen LogP contribution < -0.4 is 10.1 Å². The Bertz CT molecular complexity index is 985. The van der Waals surface area contributed by atoms with Gasteiger partial charge in [-0.05, 0) is 73.6 Å². The first-order chi connectivity index (χ1) is 16.0. The molecule has 1 heterocycles. The van der Waals surface area contributed by atoms with Gasteiger partial charge in [-0.15, -0.1) is 0 Å². The molecule has 2 atom stereocenters. The Morgan fingerprint density at radius 3 is 2.52 bits per heavy atom. The van der Waals surface area contributed by atoms with Crippen molar-refractivity contribution in [2.24, 2.45) is 5.92 Å². The van der Waals surface area contributed by atoms with E-state index in [-0.39, 0.29) is 29.6 Å². The molecule has 6 heteroatoms. The molecule has 1 aliphatic heterocycles. The Balaban J connectivity index is 1.69. The maximum absolute atomic E-state index is 13.7. The molecule has 2 aliphatic rings. The molecule has 0 spiro atoms. The molecule has 1 saturated carbocycles. The van der Waals surface area contributed by atoms with Gasteiger partial charge in [-0.25, -0.2) is 4.39 Å². The van der Waals surface area contributed by atoms with E-state index in [1.807, 2.05) is 36.9 Å². The largest absolute Gasteiger partial charge is 0.481 e. The highest BCUT2D eigenvalue weighted by Crippen LogP contribution is 2.40. The molecule has 0 saturated heterocycles. The average Bonchev–Trinajstić information content (AvgIpc) is 3.37. The Labute approximate surface area is 195 Å². The van der Waals surface area contributed by atoms with Crippen molar-refractivity contribution in [1.29, 1.82) is 0 Å². The Kier molecular flexibility index (Phi) is 7.31. The van der Waals surface area contributed by atoms with E-state index in [2.05, 4.69) is 5.32 Å². The molecule has 2 amide bonds. The number of carbonyl (C=O) groups excluding carboxylic acids is 2. The van der Waals surface area contributed by atoms with E-state index in [4.69, 9.17) is 4.74 Å². The fourth-order valence-electron chi connectivity index (χ4n) is 5.09. The van der Waals surface area contributed by atoms with Crippen LogP contribution in [-0.2, 0) is 16.0 Å². The number of ether oxygens (including phenoxy) is 1. The van der Waals surface area contributed by atoms with E-state index in [9.17, 15) is 14.0 Å². The number of fused-ring (bicyclic) bond motifs is 1. The number of carbonyl (C=O) groups is 2. The number of nitrogens with zero attached hydrogens (tertiary/aromatic N) is 1. The van der Waals surface area contributed by atoms with Crippen LogP contribution in [0.4, 0.5) is 4.39 Å². The van der Waals surface area contributed by atoms with Gasteiger partial charge in [-0.1, -0.05) is 38.0 Å². The maximum Gasteiger partial charge on any atom is 0.261 e. The van der Waals surface area contributed by atoms with Gasteiger partial charge < -0.3 is 15.0 Å². The molecule has 1 N–H and O–H groups in total. The molecule has 33 heavy (non-hydrogen) atoms. The van der Waals surface area contributed by atoms with Crippen LogP contribution in [0.15, 0.2) is 42.5 Å². The second-order valence-electron chi connectivity index (χ2n) is 8.99. The lowest BCUT2D eigenvalue weighted by atomic mass is 9.87. The van der Waals surface area contributed by atoms with Gasteiger partial charge in [-0.2, -0.15) is 0 Å². The van der Waals surface area contributed by atoms with Gasteiger partial charge in [0.15, 0.2) is 6.10 Å². The molecule has 0 bridgehead atoms. The van der Waals surface area contributed by atoms with Crippen LogP contribution in [0, 0.1) is 11.7 Å². The highest BCUT2D eigenvalue weighted by atomic mass is 19.1. The van der Waals surface area contributed by atoms with Crippen LogP contribution >= 0.6 is 0 Å². The Morgan fingerprint density at radius 1 is 1.12 bits per heavy atom. The number of rotatable bonds is 7. The molecular weight excluding hydrogens is 419 g/mol. The van der Waals surface area contributed by atoms with E-state index in [1.54, 1.807) is 12.1 Å². The first-order valence-corrected chi connectivity index (χ1v) is 12.1. The van der Waals surface area contributed by atoms with E-state index in [0.717, 1.165) is 48.8 Å². The minimum absolute atomic E-state index is 0.0659. The van der Waals surface area contributed by atoms with Crippen LogP contribution in [0.2, 0.25) is 0 Å². The van der Waals surface area contributed by atoms with E-state index < -0.39 is 6.10 Å². The van der Waals surface area contributed by atoms with E-state index in [0.29, 0.717) is 25.3 Å². The van der Waals surface area contributed by atoms with Gasteiger partial charge in [0.1, 0.15) is 11.6 Å². The highest BCUT2D eigenvalue weighted by Gasteiger charge is 2.36. The van der Waals surface area contributed by atoms with Crippen molar-refractivity contribution >= 4 is 11.8 Å². The number of likely N-dealkylation sites (N-methyl/N-ethyl adjacent to an activating group) is 1. The third-order valence-corrected chi connectivity index (χ3v) is 6.81. The quantitative estimate of drug-likeness (QED) is 0.658. The number of hydrogen-bond donors (Lipinski definition) is 1.